The number of hydrogen-bond donors (Lipinski definition) is 6. The highest BCUT2D eigenvalue weighted by Crippen LogP contribution is 2.16. The average Bonchev–Trinajstić information content (AvgIpc) is 3.15. The van der Waals surface area contributed by atoms with E-state index in [4.69, 9.17) is 0 Å². The fourth-order valence-electron chi connectivity index (χ4n) is 5.48. The molecular weight excluding hydrogens is 700 g/mol. The molecule has 54 heavy (non-hydrogen) atoms. The molecule has 16 nitrogen and oxygen atoms in total. The molecule has 4 amide bonds. The van der Waals surface area contributed by atoms with Crippen LogP contribution in [0.5, 0.6) is 0 Å². The second kappa shape index (κ2) is 25.4. The molecule has 0 unspecified atom stereocenters. The summed E-state index contributed by atoms with van der Waals surface area (Å²) in [6, 6.07) is 7.86. The molecule has 16 heteroatoms. The number of hydroxylamine groups is 6. The van der Waals surface area contributed by atoms with Gasteiger partial charge in [0.05, 0.1) is 0 Å². The van der Waals surface area contributed by atoms with E-state index in [9.17, 15) is 49.2 Å². The van der Waals surface area contributed by atoms with Gasteiger partial charge in [-0.05, 0) is 63.9 Å². The molecule has 0 aliphatic carbocycles. The molecule has 0 spiro atoms. The fourth-order valence-corrected chi connectivity index (χ4v) is 5.48. The number of amides is 4. The van der Waals surface area contributed by atoms with E-state index in [1.54, 1.807) is 0 Å². The van der Waals surface area contributed by atoms with Gasteiger partial charge in [0.25, 0.3) is 10.9 Å². The second-order valence-electron chi connectivity index (χ2n) is 13.5. The van der Waals surface area contributed by atoms with Gasteiger partial charge in [0, 0.05) is 78.3 Å². The fraction of sp³-hybridized carbons (Fsp3) is 0.605. The minimum Gasteiger partial charge on any atom is -0.380 e. The number of unbranched alkanes of at least 4 members (excludes halogenated alkanes) is 7. The van der Waals surface area contributed by atoms with Crippen molar-refractivity contribution in [2.75, 3.05) is 43.4 Å². The molecule has 2 aromatic rings. The van der Waals surface area contributed by atoms with Gasteiger partial charge in [0.15, 0.2) is 0 Å². The van der Waals surface area contributed by atoms with Crippen LogP contribution in [-0.4, -0.2) is 92.9 Å². The van der Waals surface area contributed by atoms with Crippen molar-refractivity contribution in [3.63, 3.8) is 0 Å². The van der Waals surface area contributed by atoms with Crippen molar-refractivity contribution in [2.24, 2.45) is 0 Å². The van der Waals surface area contributed by atoms with Crippen LogP contribution in [0.3, 0.4) is 0 Å². The normalized spacial score (nSPS) is 10.9. The zero-order valence-corrected chi connectivity index (χ0v) is 31.7. The van der Waals surface area contributed by atoms with E-state index >= 15 is 0 Å². The van der Waals surface area contributed by atoms with Crippen molar-refractivity contribution in [2.45, 2.75) is 117 Å². The first-order chi connectivity index (χ1) is 25.8. The van der Waals surface area contributed by atoms with E-state index in [1.807, 2.05) is 31.2 Å². The van der Waals surface area contributed by atoms with Crippen LogP contribution < -0.4 is 26.8 Å². The molecule has 300 valence electrons. The van der Waals surface area contributed by atoms with Crippen LogP contribution >= 0.6 is 0 Å². The Hall–Kier alpha value is -4.67. The number of nitrogens with one attached hydrogen (secondary N) is 3. The van der Waals surface area contributed by atoms with Crippen molar-refractivity contribution >= 4 is 40.8 Å². The van der Waals surface area contributed by atoms with E-state index < -0.39 is 28.6 Å². The molecule has 2 aromatic carbocycles. The Balaban J connectivity index is 1.45. The lowest BCUT2D eigenvalue weighted by atomic mass is 10.1. The van der Waals surface area contributed by atoms with Crippen molar-refractivity contribution in [1.29, 1.82) is 0 Å². The summed E-state index contributed by atoms with van der Waals surface area (Å²) in [4.78, 5) is 83.5. The van der Waals surface area contributed by atoms with E-state index in [0.29, 0.717) is 99.0 Å². The highest BCUT2D eigenvalue weighted by Gasteiger charge is 2.20. The first-order valence-corrected chi connectivity index (χ1v) is 18.9. The minimum atomic E-state index is -0.554. The zero-order valence-electron chi connectivity index (χ0n) is 31.7. The summed E-state index contributed by atoms with van der Waals surface area (Å²) < 4.78 is 0. The van der Waals surface area contributed by atoms with Crippen LogP contribution in [0.2, 0.25) is 0 Å². The topological polar surface area (TPSA) is 226 Å². The van der Waals surface area contributed by atoms with Gasteiger partial charge < -0.3 is 16.0 Å². The van der Waals surface area contributed by atoms with E-state index in [2.05, 4.69) is 16.0 Å². The van der Waals surface area contributed by atoms with E-state index in [0.717, 1.165) is 11.1 Å². The summed E-state index contributed by atoms with van der Waals surface area (Å²) in [6.45, 7) is 5.00. The molecular formula is C38H58N6O10. The molecule has 0 atom stereocenters. The van der Waals surface area contributed by atoms with Crippen LogP contribution in [0.1, 0.15) is 114 Å². The first-order valence-electron chi connectivity index (χ1n) is 18.9. The Labute approximate surface area is 316 Å². The summed E-state index contributed by atoms with van der Waals surface area (Å²) in [5.74, 6) is -1.90. The number of carbonyl (C=O) groups is 5. The van der Waals surface area contributed by atoms with Crippen LogP contribution in [0.25, 0.3) is 0 Å². The third-order valence-corrected chi connectivity index (χ3v) is 8.92. The van der Waals surface area contributed by atoms with Gasteiger partial charge in [-0.2, -0.15) is 0 Å². The Morgan fingerprint density at radius 1 is 0.574 bits per heavy atom. The van der Waals surface area contributed by atoms with Gasteiger partial charge in [-0.3, -0.25) is 49.2 Å². The average molecular weight is 759 g/mol. The lowest BCUT2D eigenvalue weighted by molar-refractivity contribution is -0.166. The van der Waals surface area contributed by atoms with Gasteiger partial charge in [-0.1, -0.05) is 42.7 Å². The standard InChI is InChI=1S/C38H58N6O10/c1-28-14-16-30(17-15-28)27-41-36-35(37(50)38(36)51)40-23-9-6-12-26-43(53)33(48)20-18-31(46)13-7-3-4-10-25-44(54)34(49)21-19-32(47)39-22-8-5-11-24-42(52)29(2)45/h14-17,40-41,52-54H,3-13,18-27H2,1-2H3,(H,39,47). The number of carbonyl (C=O) groups excluding carboxylic acids is 5. The van der Waals surface area contributed by atoms with Crippen molar-refractivity contribution in [3.8, 4) is 0 Å². The number of anilines is 2. The smallest absolute Gasteiger partial charge is 0.253 e. The Morgan fingerprint density at radius 3 is 1.67 bits per heavy atom. The third-order valence-electron chi connectivity index (χ3n) is 8.92. The quantitative estimate of drug-likeness (QED) is 0.0301. The van der Waals surface area contributed by atoms with Gasteiger partial charge in [0.1, 0.15) is 17.2 Å². The number of nitrogens with zero attached hydrogens (tertiary/aromatic N) is 3. The molecule has 0 heterocycles. The number of hydrogen-bond acceptors (Lipinski definition) is 12. The summed E-state index contributed by atoms with van der Waals surface area (Å²) in [5.41, 5.74) is 1.59. The van der Waals surface area contributed by atoms with Crippen molar-refractivity contribution in [3.05, 3.63) is 55.8 Å². The van der Waals surface area contributed by atoms with Crippen LogP contribution in [0, 0.1) is 6.92 Å². The Kier molecular flexibility index (Phi) is 21.4. The molecule has 0 aliphatic heterocycles. The van der Waals surface area contributed by atoms with Crippen LogP contribution in [0.4, 0.5) is 11.4 Å². The van der Waals surface area contributed by atoms with Gasteiger partial charge >= 0.3 is 0 Å². The second-order valence-corrected chi connectivity index (χ2v) is 13.5. The summed E-state index contributed by atoms with van der Waals surface area (Å²) in [5, 5.41) is 40.0. The maximum Gasteiger partial charge on any atom is 0.253 e. The Morgan fingerprint density at radius 2 is 1.07 bits per heavy atom. The van der Waals surface area contributed by atoms with E-state index in [-0.39, 0.29) is 74.8 Å². The summed E-state index contributed by atoms with van der Waals surface area (Å²) in [6.07, 6.45) is 6.34. The lowest BCUT2D eigenvalue weighted by Crippen LogP contribution is -2.37. The molecule has 0 aromatic heterocycles. The first kappa shape index (κ1) is 45.5. The monoisotopic (exact) mass is 758 g/mol. The SMILES string of the molecule is CC(=O)N(O)CCCCCNC(=O)CCC(=O)N(O)CCCCCCC(=O)CCC(=O)N(O)CCCCCNc1c(NCc2ccc(C)cc2)c(=O)c1=O. The maximum atomic E-state index is 12.3. The number of rotatable bonds is 29. The molecule has 0 bridgehead atoms. The predicted octanol–water partition coefficient (Wildman–Crippen LogP) is 3.83. The molecule has 0 radical (unpaired) electrons. The predicted molar refractivity (Wildman–Crippen MR) is 202 cm³/mol. The summed E-state index contributed by atoms with van der Waals surface area (Å²) >= 11 is 0. The Bertz CT molecular complexity index is 1560. The van der Waals surface area contributed by atoms with Crippen LogP contribution in [0.15, 0.2) is 33.9 Å². The number of benzene rings is 1. The molecule has 0 saturated carbocycles. The number of aryl methyl sites for hydroxylation is 1. The van der Waals surface area contributed by atoms with Gasteiger partial charge in [-0.15, -0.1) is 0 Å². The lowest BCUT2D eigenvalue weighted by Gasteiger charge is -2.16. The van der Waals surface area contributed by atoms with Crippen LogP contribution in [-0.2, 0) is 30.5 Å². The minimum absolute atomic E-state index is 0.0258. The molecule has 2 rings (SSSR count). The highest BCUT2D eigenvalue weighted by molar-refractivity contribution is 5.84. The largest absolute Gasteiger partial charge is 0.380 e. The third kappa shape index (κ3) is 17.9. The molecule has 6 N–H and O–H groups in total. The number of ketones is 1. The maximum absolute atomic E-state index is 12.3. The number of Topliss-reactive ketones (excluding diaryl/α,β-unsaturated/α-hetero) is 1. The summed E-state index contributed by atoms with van der Waals surface area (Å²) in [7, 11) is 0. The van der Waals surface area contributed by atoms with Gasteiger partial charge in [-0.25, -0.2) is 15.2 Å². The van der Waals surface area contributed by atoms with Crippen molar-refractivity contribution in [1.82, 2.24) is 20.5 Å². The van der Waals surface area contributed by atoms with Gasteiger partial charge in [0.2, 0.25) is 23.6 Å². The van der Waals surface area contributed by atoms with E-state index in [1.165, 1.54) is 6.92 Å². The molecule has 0 fully saturated rings. The van der Waals surface area contributed by atoms with Crippen molar-refractivity contribution < 1.29 is 39.6 Å². The highest BCUT2D eigenvalue weighted by atomic mass is 16.5. The zero-order chi connectivity index (χ0) is 39.9. The molecule has 0 saturated heterocycles. The molecule has 0 aliphatic rings.